The third-order valence-corrected chi connectivity index (χ3v) is 3.20. The standard InChI is InChI=1S/C17H14N2O3/c20-16-10-15(13-8-4-5-9-14(13)18-16)19-17(21)22-11-12-6-2-1-3-7-12/h1-10H,11H2,(H2,18,19,20,21). The van der Waals surface area contributed by atoms with Crippen molar-refractivity contribution in [1.29, 1.82) is 0 Å². The maximum atomic E-state index is 11.9. The second-order valence-electron chi connectivity index (χ2n) is 4.78. The van der Waals surface area contributed by atoms with E-state index in [0.717, 1.165) is 10.9 Å². The van der Waals surface area contributed by atoms with E-state index in [4.69, 9.17) is 4.74 Å². The molecule has 0 bridgehead atoms. The van der Waals surface area contributed by atoms with E-state index in [1.807, 2.05) is 48.5 Å². The van der Waals surface area contributed by atoms with E-state index < -0.39 is 6.09 Å². The molecule has 1 amide bonds. The van der Waals surface area contributed by atoms with E-state index in [1.165, 1.54) is 6.07 Å². The lowest BCUT2D eigenvalue weighted by atomic mass is 10.2. The molecule has 3 rings (SSSR count). The van der Waals surface area contributed by atoms with Crippen molar-refractivity contribution in [2.45, 2.75) is 6.61 Å². The first-order valence-electron chi connectivity index (χ1n) is 6.82. The van der Waals surface area contributed by atoms with Gasteiger partial charge in [0, 0.05) is 11.5 Å². The van der Waals surface area contributed by atoms with Crippen LogP contribution >= 0.6 is 0 Å². The number of hydrogen-bond donors (Lipinski definition) is 2. The first-order valence-corrected chi connectivity index (χ1v) is 6.82. The maximum Gasteiger partial charge on any atom is 0.411 e. The number of carbonyl (C=O) groups excluding carboxylic acids is 1. The number of aromatic amines is 1. The van der Waals surface area contributed by atoms with Crippen molar-refractivity contribution in [2.75, 3.05) is 5.32 Å². The number of anilines is 1. The van der Waals surface area contributed by atoms with Crippen LogP contribution in [-0.2, 0) is 11.3 Å². The number of para-hydroxylation sites is 1. The molecule has 0 aliphatic carbocycles. The predicted molar refractivity (Wildman–Crippen MR) is 84.8 cm³/mol. The van der Waals surface area contributed by atoms with Gasteiger partial charge in [0.15, 0.2) is 0 Å². The second-order valence-corrected chi connectivity index (χ2v) is 4.78. The number of benzene rings is 2. The number of carbonyl (C=O) groups is 1. The summed E-state index contributed by atoms with van der Waals surface area (Å²) < 4.78 is 5.16. The highest BCUT2D eigenvalue weighted by Gasteiger charge is 2.08. The van der Waals surface area contributed by atoms with Crippen LogP contribution in [-0.4, -0.2) is 11.1 Å². The zero-order valence-electron chi connectivity index (χ0n) is 11.7. The number of rotatable bonds is 3. The smallest absolute Gasteiger partial charge is 0.411 e. The number of ether oxygens (including phenoxy) is 1. The number of pyridine rings is 1. The van der Waals surface area contributed by atoms with E-state index in [-0.39, 0.29) is 12.2 Å². The number of amides is 1. The van der Waals surface area contributed by atoms with Crippen molar-refractivity contribution in [2.24, 2.45) is 0 Å². The molecule has 0 atom stereocenters. The fourth-order valence-corrected chi connectivity index (χ4v) is 2.18. The van der Waals surface area contributed by atoms with Gasteiger partial charge in [0.05, 0.1) is 11.2 Å². The topological polar surface area (TPSA) is 71.2 Å². The average molecular weight is 294 g/mol. The third kappa shape index (κ3) is 3.15. The summed E-state index contributed by atoms with van der Waals surface area (Å²) in [6.07, 6.45) is -0.598. The normalized spacial score (nSPS) is 10.4. The van der Waals surface area contributed by atoms with Gasteiger partial charge in [-0.1, -0.05) is 48.5 Å². The summed E-state index contributed by atoms with van der Waals surface area (Å²) in [5.41, 5.74) is 1.70. The number of fused-ring (bicyclic) bond motifs is 1. The lowest BCUT2D eigenvalue weighted by Crippen LogP contribution is -2.16. The highest BCUT2D eigenvalue weighted by Crippen LogP contribution is 2.19. The molecule has 0 aliphatic rings. The molecule has 0 fully saturated rings. The van der Waals surface area contributed by atoms with Gasteiger partial charge in [0.25, 0.3) is 0 Å². The van der Waals surface area contributed by atoms with E-state index in [2.05, 4.69) is 10.3 Å². The van der Waals surface area contributed by atoms with Crippen LogP contribution in [0.4, 0.5) is 10.5 Å². The van der Waals surface area contributed by atoms with E-state index in [9.17, 15) is 9.59 Å². The Morgan fingerprint density at radius 3 is 2.59 bits per heavy atom. The van der Waals surface area contributed by atoms with Gasteiger partial charge < -0.3 is 9.72 Å². The minimum atomic E-state index is -0.598. The minimum absolute atomic E-state index is 0.174. The molecule has 3 aromatic rings. The van der Waals surface area contributed by atoms with Gasteiger partial charge in [-0.2, -0.15) is 0 Å². The number of aromatic nitrogens is 1. The summed E-state index contributed by atoms with van der Waals surface area (Å²) in [5.74, 6) is 0. The van der Waals surface area contributed by atoms with Crippen LogP contribution in [0.1, 0.15) is 5.56 Å². The molecule has 1 heterocycles. The van der Waals surface area contributed by atoms with Crippen molar-refractivity contribution >= 4 is 22.7 Å². The van der Waals surface area contributed by atoms with Crippen LogP contribution in [0.2, 0.25) is 0 Å². The Balaban J connectivity index is 1.75. The first kappa shape index (κ1) is 13.9. The van der Waals surface area contributed by atoms with Gasteiger partial charge in [0.2, 0.25) is 5.56 Å². The highest BCUT2D eigenvalue weighted by atomic mass is 16.5. The van der Waals surface area contributed by atoms with Crippen LogP contribution in [0.3, 0.4) is 0 Å². The van der Waals surface area contributed by atoms with E-state index >= 15 is 0 Å². The molecule has 5 heteroatoms. The van der Waals surface area contributed by atoms with Gasteiger partial charge in [-0.25, -0.2) is 4.79 Å². The number of hydrogen-bond acceptors (Lipinski definition) is 3. The summed E-state index contributed by atoms with van der Waals surface area (Å²) in [7, 11) is 0. The third-order valence-electron chi connectivity index (χ3n) is 3.20. The lowest BCUT2D eigenvalue weighted by Gasteiger charge is -2.09. The molecule has 0 saturated carbocycles. The largest absolute Gasteiger partial charge is 0.444 e. The summed E-state index contributed by atoms with van der Waals surface area (Å²) in [6.45, 7) is 0.174. The fraction of sp³-hybridized carbons (Fsp3) is 0.0588. The van der Waals surface area contributed by atoms with E-state index in [1.54, 1.807) is 6.07 Å². The van der Waals surface area contributed by atoms with Crippen LogP contribution < -0.4 is 10.9 Å². The second kappa shape index (κ2) is 6.13. The van der Waals surface area contributed by atoms with Gasteiger partial charge in [0.1, 0.15) is 6.61 Å². The SMILES string of the molecule is O=C(Nc1cc(=O)[nH]c2ccccc12)OCc1ccccc1. The number of H-pyrrole nitrogens is 1. The molecule has 0 aliphatic heterocycles. The summed E-state index contributed by atoms with van der Waals surface area (Å²) in [4.78, 5) is 26.2. The molecule has 5 nitrogen and oxygen atoms in total. The summed E-state index contributed by atoms with van der Waals surface area (Å²) >= 11 is 0. The molecule has 0 spiro atoms. The van der Waals surface area contributed by atoms with Crippen molar-refractivity contribution in [1.82, 2.24) is 4.98 Å². The Bertz CT molecular complexity index is 856. The molecule has 1 aromatic heterocycles. The maximum absolute atomic E-state index is 11.9. The van der Waals surface area contributed by atoms with Gasteiger partial charge in [-0.15, -0.1) is 0 Å². The Labute approximate surface area is 126 Å². The van der Waals surface area contributed by atoms with Crippen molar-refractivity contribution in [3.8, 4) is 0 Å². The van der Waals surface area contributed by atoms with Crippen molar-refractivity contribution in [3.05, 3.63) is 76.6 Å². The van der Waals surface area contributed by atoms with Crippen LogP contribution in [0.5, 0.6) is 0 Å². The predicted octanol–water partition coefficient (Wildman–Crippen LogP) is 3.28. The monoisotopic (exact) mass is 294 g/mol. The van der Waals surface area contributed by atoms with Gasteiger partial charge in [-0.3, -0.25) is 10.1 Å². The average Bonchev–Trinajstić information content (AvgIpc) is 2.54. The summed E-state index contributed by atoms with van der Waals surface area (Å²) in [6, 6.07) is 18.0. The Kier molecular flexibility index (Phi) is 3.87. The summed E-state index contributed by atoms with van der Waals surface area (Å²) in [5, 5.41) is 3.36. The van der Waals surface area contributed by atoms with Crippen molar-refractivity contribution in [3.63, 3.8) is 0 Å². The fourth-order valence-electron chi connectivity index (χ4n) is 2.18. The molecule has 0 saturated heterocycles. The lowest BCUT2D eigenvalue weighted by molar-refractivity contribution is 0.155. The minimum Gasteiger partial charge on any atom is -0.444 e. The molecule has 0 unspecified atom stereocenters. The quantitative estimate of drug-likeness (QED) is 0.778. The van der Waals surface area contributed by atoms with Crippen LogP contribution in [0, 0.1) is 0 Å². The number of nitrogens with one attached hydrogen (secondary N) is 2. The van der Waals surface area contributed by atoms with E-state index in [0.29, 0.717) is 11.2 Å². The Morgan fingerprint density at radius 1 is 1.05 bits per heavy atom. The molecule has 2 aromatic carbocycles. The molecule has 0 radical (unpaired) electrons. The van der Waals surface area contributed by atoms with Crippen LogP contribution in [0.25, 0.3) is 10.9 Å². The highest BCUT2D eigenvalue weighted by molar-refractivity contribution is 5.98. The molecule has 2 N–H and O–H groups in total. The van der Waals surface area contributed by atoms with Crippen LogP contribution in [0.15, 0.2) is 65.5 Å². The molecule has 22 heavy (non-hydrogen) atoms. The zero-order chi connectivity index (χ0) is 15.4. The van der Waals surface area contributed by atoms with Crippen molar-refractivity contribution < 1.29 is 9.53 Å². The van der Waals surface area contributed by atoms with Gasteiger partial charge >= 0.3 is 6.09 Å². The molecular weight excluding hydrogens is 280 g/mol. The Morgan fingerprint density at radius 2 is 1.77 bits per heavy atom. The molecular formula is C17H14N2O3. The molecule has 110 valence electrons. The Hall–Kier alpha value is -3.08. The van der Waals surface area contributed by atoms with Gasteiger partial charge in [-0.05, 0) is 11.6 Å². The zero-order valence-corrected chi connectivity index (χ0v) is 11.7. The first-order chi connectivity index (χ1) is 10.7.